The summed E-state index contributed by atoms with van der Waals surface area (Å²) in [5.74, 6) is 0.345. The predicted molar refractivity (Wildman–Crippen MR) is 86.6 cm³/mol. The maximum atomic E-state index is 13.2. The van der Waals surface area contributed by atoms with Gasteiger partial charge in [-0.25, -0.2) is 0 Å². The molecule has 0 heterocycles. The van der Waals surface area contributed by atoms with Gasteiger partial charge in [-0.1, -0.05) is 54.9 Å². The second-order valence-corrected chi connectivity index (χ2v) is 7.96. The van der Waals surface area contributed by atoms with Crippen LogP contribution in [0, 0.1) is 0 Å². The second-order valence-electron chi connectivity index (χ2n) is 4.51. The topological polar surface area (TPSA) is 43.4 Å². The van der Waals surface area contributed by atoms with E-state index in [9.17, 15) is 9.36 Å². The van der Waals surface area contributed by atoms with Crippen LogP contribution in [0.5, 0.6) is 5.75 Å². The van der Waals surface area contributed by atoms with Crippen LogP contribution in [0.15, 0.2) is 48.5 Å². The summed E-state index contributed by atoms with van der Waals surface area (Å²) in [5.41, 5.74) is -0.269. The van der Waals surface area contributed by atoms with E-state index in [0.717, 1.165) is 0 Å². The zero-order chi connectivity index (χ0) is 15.5. The Morgan fingerprint density at radius 3 is 2.38 bits per heavy atom. The third-order valence-corrected chi connectivity index (χ3v) is 6.57. The predicted octanol–water partition coefficient (Wildman–Crippen LogP) is 4.20. The van der Waals surface area contributed by atoms with Crippen molar-refractivity contribution in [1.82, 2.24) is 0 Å². The van der Waals surface area contributed by atoms with Crippen LogP contribution in [-0.2, 0) is 4.57 Å². The number of hydrogen-bond acceptors (Lipinski definition) is 3. The molecule has 0 aliphatic heterocycles. The molecule has 0 amide bonds. The summed E-state index contributed by atoms with van der Waals surface area (Å²) in [4.78, 5) is 12.9. The molecule has 0 bridgehead atoms. The Balaban J connectivity index is 2.60. The fraction of sp³-hybridized carbons (Fsp3) is 0.188. The molecule has 0 radical (unpaired) electrons. The number of rotatable bonds is 5. The summed E-state index contributed by atoms with van der Waals surface area (Å²) in [7, 11) is -1.78. The third-order valence-electron chi connectivity index (χ3n) is 3.36. The summed E-state index contributed by atoms with van der Waals surface area (Å²) < 4.78 is 18.4. The smallest absolute Gasteiger partial charge is 0.230 e. The van der Waals surface area contributed by atoms with Crippen LogP contribution >= 0.6 is 18.7 Å². The first-order valence-corrected chi connectivity index (χ1v) is 8.83. The SMILES string of the molecule is CCP(=O)(C(=O)c1c(Cl)cccc1OC)c1ccccc1. The third kappa shape index (κ3) is 2.90. The van der Waals surface area contributed by atoms with Crippen molar-refractivity contribution in [3.63, 3.8) is 0 Å². The highest BCUT2D eigenvalue weighted by molar-refractivity contribution is 7.87. The van der Waals surface area contributed by atoms with Crippen molar-refractivity contribution >= 4 is 29.6 Å². The number of halogens is 1. The summed E-state index contributed by atoms with van der Waals surface area (Å²) in [5, 5.41) is 0.795. The molecule has 1 atom stereocenters. The standard InChI is InChI=1S/C16H16ClO3P/c1-3-21(19,12-8-5-4-6-9-12)16(18)15-13(17)10-7-11-14(15)20-2/h4-11H,3H2,1-2H3. The highest BCUT2D eigenvalue weighted by atomic mass is 35.5. The van der Waals surface area contributed by atoms with E-state index < -0.39 is 12.7 Å². The second kappa shape index (κ2) is 6.46. The summed E-state index contributed by atoms with van der Waals surface area (Å²) in [6.07, 6.45) is 0.240. The molecule has 0 spiro atoms. The van der Waals surface area contributed by atoms with E-state index in [1.165, 1.54) is 7.11 Å². The van der Waals surface area contributed by atoms with Gasteiger partial charge in [0.15, 0.2) is 7.14 Å². The normalized spacial score (nSPS) is 13.5. The molecule has 2 aromatic rings. The van der Waals surface area contributed by atoms with E-state index >= 15 is 0 Å². The van der Waals surface area contributed by atoms with Gasteiger partial charge in [0.2, 0.25) is 5.52 Å². The van der Waals surface area contributed by atoms with Crippen LogP contribution < -0.4 is 10.0 Å². The molecule has 0 aromatic heterocycles. The minimum absolute atomic E-state index is 0.190. The minimum Gasteiger partial charge on any atom is -0.496 e. The molecule has 110 valence electrons. The lowest BCUT2D eigenvalue weighted by atomic mass is 10.2. The average Bonchev–Trinajstić information content (AvgIpc) is 2.54. The number of benzene rings is 2. The molecule has 0 saturated heterocycles. The Bertz CT molecular complexity index is 698. The monoisotopic (exact) mass is 322 g/mol. The number of ether oxygens (including phenoxy) is 1. The molecule has 3 nitrogen and oxygen atoms in total. The van der Waals surface area contributed by atoms with E-state index in [-0.39, 0.29) is 16.7 Å². The summed E-state index contributed by atoms with van der Waals surface area (Å²) in [6, 6.07) is 13.7. The Hall–Kier alpha value is -1.57. The van der Waals surface area contributed by atoms with Crippen LogP contribution in [-0.4, -0.2) is 18.8 Å². The summed E-state index contributed by atoms with van der Waals surface area (Å²) >= 11 is 6.13. The van der Waals surface area contributed by atoms with Crippen LogP contribution in [0.2, 0.25) is 5.02 Å². The van der Waals surface area contributed by atoms with Crippen molar-refractivity contribution in [3.05, 3.63) is 59.1 Å². The van der Waals surface area contributed by atoms with Gasteiger partial charge in [-0.05, 0) is 12.1 Å². The van der Waals surface area contributed by atoms with Gasteiger partial charge in [-0.2, -0.15) is 0 Å². The maximum absolute atomic E-state index is 13.2. The van der Waals surface area contributed by atoms with E-state index in [0.29, 0.717) is 11.1 Å². The van der Waals surface area contributed by atoms with Crippen molar-refractivity contribution in [2.24, 2.45) is 0 Å². The van der Waals surface area contributed by atoms with E-state index in [1.807, 2.05) is 6.07 Å². The Morgan fingerprint density at radius 1 is 1.14 bits per heavy atom. The van der Waals surface area contributed by atoms with Gasteiger partial charge in [0, 0.05) is 11.5 Å². The lowest BCUT2D eigenvalue weighted by Gasteiger charge is -2.18. The number of hydrogen-bond donors (Lipinski definition) is 0. The lowest BCUT2D eigenvalue weighted by molar-refractivity contribution is 0.107. The number of methoxy groups -OCH3 is 1. The molecule has 0 saturated carbocycles. The van der Waals surface area contributed by atoms with Crippen LogP contribution in [0.4, 0.5) is 0 Å². The van der Waals surface area contributed by atoms with Crippen molar-refractivity contribution in [2.45, 2.75) is 6.92 Å². The zero-order valence-corrected chi connectivity index (χ0v) is 13.5. The van der Waals surface area contributed by atoms with Crippen molar-refractivity contribution in [2.75, 3.05) is 13.3 Å². The zero-order valence-electron chi connectivity index (χ0n) is 11.9. The highest BCUT2D eigenvalue weighted by Gasteiger charge is 2.35. The Kier molecular flexibility index (Phi) is 4.87. The molecular weight excluding hydrogens is 307 g/mol. The fourth-order valence-corrected chi connectivity index (χ4v) is 4.62. The first-order valence-electron chi connectivity index (χ1n) is 6.56. The van der Waals surface area contributed by atoms with Crippen LogP contribution in [0.3, 0.4) is 0 Å². The first-order chi connectivity index (χ1) is 10.0. The van der Waals surface area contributed by atoms with Crippen molar-refractivity contribution < 1.29 is 14.1 Å². The Morgan fingerprint density at radius 2 is 1.81 bits per heavy atom. The van der Waals surface area contributed by atoms with Crippen molar-refractivity contribution in [1.29, 1.82) is 0 Å². The van der Waals surface area contributed by atoms with Gasteiger partial charge in [-0.15, -0.1) is 0 Å². The molecule has 21 heavy (non-hydrogen) atoms. The Labute approximate surface area is 129 Å². The summed E-state index contributed by atoms with van der Waals surface area (Å²) in [6.45, 7) is 1.75. The van der Waals surface area contributed by atoms with Gasteiger partial charge < -0.3 is 9.30 Å². The highest BCUT2D eigenvalue weighted by Crippen LogP contribution is 2.50. The molecule has 0 N–H and O–H groups in total. The molecule has 2 aromatic carbocycles. The van der Waals surface area contributed by atoms with Crippen LogP contribution in [0.25, 0.3) is 0 Å². The van der Waals surface area contributed by atoms with Crippen molar-refractivity contribution in [3.8, 4) is 5.75 Å². The van der Waals surface area contributed by atoms with Gasteiger partial charge in [0.25, 0.3) is 0 Å². The molecule has 5 heteroatoms. The minimum atomic E-state index is -3.24. The number of carbonyl (C=O) groups excluding carboxylic acids is 1. The average molecular weight is 323 g/mol. The molecule has 2 rings (SSSR count). The molecule has 1 unspecified atom stereocenters. The molecule has 0 aliphatic carbocycles. The molecule has 0 aliphatic rings. The quantitative estimate of drug-likeness (QED) is 0.775. The van der Waals surface area contributed by atoms with Gasteiger partial charge in [0.1, 0.15) is 5.75 Å². The lowest BCUT2D eigenvalue weighted by Crippen LogP contribution is -2.16. The molecular formula is C16H16ClO3P. The number of carbonyl (C=O) groups is 1. The van der Waals surface area contributed by atoms with E-state index in [1.54, 1.807) is 49.4 Å². The van der Waals surface area contributed by atoms with E-state index in [2.05, 4.69) is 0 Å². The largest absolute Gasteiger partial charge is 0.496 e. The van der Waals surface area contributed by atoms with E-state index in [4.69, 9.17) is 16.3 Å². The van der Waals surface area contributed by atoms with Gasteiger partial charge in [0.05, 0.1) is 17.7 Å². The first kappa shape index (κ1) is 15.8. The molecule has 0 fully saturated rings. The maximum Gasteiger partial charge on any atom is 0.230 e. The van der Waals surface area contributed by atoms with Gasteiger partial charge in [-0.3, -0.25) is 4.79 Å². The fourth-order valence-electron chi connectivity index (χ4n) is 2.17. The van der Waals surface area contributed by atoms with Crippen LogP contribution in [0.1, 0.15) is 17.3 Å². The van der Waals surface area contributed by atoms with Gasteiger partial charge >= 0.3 is 0 Å².